The molecular weight excluding hydrogens is 526 g/mol. The maximum atomic E-state index is 13.4. The highest BCUT2D eigenvalue weighted by Gasteiger charge is 2.23. The molecule has 0 bridgehead atoms. The van der Waals surface area contributed by atoms with Crippen LogP contribution in [0.5, 0.6) is 0 Å². The maximum absolute atomic E-state index is 13.4. The SMILES string of the molecule is CCCCCCCCCCCCCCCCCC(=O)c1c(C)c(CCC(=O)OC)n(Cc2ccc(C(=O)O)cc2)c1C. The number of ether oxygens (including phenoxy) is 1. The van der Waals surface area contributed by atoms with Gasteiger partial charge in [-0.1, -0.05) is 109 Å². The number of benzene rings is 1. The van der Waals surface area contributed by atoms with Gasteiger partial charge in [-0.15, -0.1) is 0 Å². The summed E-state index contributed by atoms with van der Waals surface area (Å²) >= 11 is 0. The molecule has 0 atom stereocenters. The highest BCUT2D eigenvalue weighted by Crippen LogP contribution is 2.27. The predicted octanol–water partition coefficient (Wildman–Crippen LogP) is 9.40. The fraction of sp³-hybridized carbons (Fsp3) is 0.639. The number of carboxylic acids is 1. The van der Waals surface area contributed by atoms with Gasteiger partial charge in [0.15, 0.2) is 5.78 Å². The Morgan fingerprint density at radius 3 is 1.71 bits per heavy atom. The van der Waals surface area contributed by atoms with Crippen LogP contribution >= 0.6 is 0 Å². The first-order chi connectivity index (χ1) is 20.3. The van der Waals surface area contributed by atoms with Crippen LogP contribution in [0.4, 0.5) is 0 Å². The van der Waals surface area contributed by atoms with Crippen molar-refractivity contribution in [3.63, 3.8) is 0 Å². The van der Waals surface area contributed by atoms with E-state index in [0.717, 1.165) is 40.9 Å². The van der Waals surface area contributed by atoms with Crippen LogP contribution < -0.4 is 0 Å². The Balaban J connectivity index is 1.83. The van der Waals surface area contributed by atoms with Crippen molar-refractivity contribution in [1.29, 1.82) is 0 Å². The van der Waals surface area contributed by atoms with E-state index in [1.807, 2.05) is 13.8 Å². The Morgan fingerprint density at radius 2 is 1.24 bits per heavy atom. The number of esters is 1. The summed E-state index contributed by atoms with van der Waals surface area (Å²) in [7, 11) is 1.38. The molecule has 1 heterocycles. The smallest absolute Gasteiger partial charge is 0.335 e. The van der Waals surface area contributed by atoms with Crippen molar-refractivity contribution >= 4 is 17.7 Å². The summed E-state index contributed by atoms with van der Waals surface area (Å²) in [5.74, 6) is -1.07. The molecule has 42 heavy (non-hydrogen) atoms. The van der Waals surface area contributed by atoms with Crippen molar-refractivity contribution in [2.45, 2.75) is 143 Å². The fourth-order valence-corrected chi connectivity index (χ4v) is 5.94. The quantitative estimate of drug-likeness (QED) is 0.0802. The van der Waals surface area contributed by atoms with Crippen molar-refractivity contribution in [2.75, 3.05) is 7.11 Å². The Hall–Kier alpha value is -2.89. The number of aromatic nitrogens is 1. The zero-order chi connectivity index (χ0) is 30.7. The minimum Gasteiger partial charge on any atom is -0.478 e. The number of carbonyl (C=O) groups is 3. The number of hydrogen-bond donors (Lipinski definition) is 1. The van der Waals surface area contributed by atoms with Gasteiger partial charge in [0.1, 0.15) is 0 Å². The lowest BCUT2D eigenvalue weighted by Gasteiger charge is -2.13. The number of methoxy groups -OCH3 is 1. The number of carbonyl (C=O) groups excluding carboxylic acids is 2. The highest BCUT2D eigenvalue weighted by atomic mass is 16.5. The lowest BCUT2D eigenvalue weighted by atomic mass is 9.99. The van der Waals surface area contributed by atoms with E-state index in [1.165, 1.54) is 90.6 Å². The molecule has 0 radical (unpaired) electrons. The summed E-state index contributed by atoms with van der Waals surface area (Å²) in [6.07, 6.45) is 20.7. The van der Waals surface area contributed by atoms with Crippen molar-refractivity contribution in [1.82, 2.24) is 4.57 Å². The second-order valence-corrected chi connectivity index (χ2v) is 11.8. The van der Waals surface area contributed by atoms with E-state index >= 15 is 0 Å². The van der Waals surface area contributed by atoms with E-state index in [-0.39, 0.29) is 23.7 Å². The van der Waals surface area contributed by atoms with Crippen molar-refractivity contribution < 1.29 is 24.2 Å². The maximum Gasteiger partial charge on any atom is 0.335 e. The molecule has 1 aromatic heterocycles. The molecule has 0 amide bonds. The molecule has 0 aliphatic rings. The van der Waals surface area contributed by atoms with Gasteiger partial charge in [0.25, 0.3) is 0 Å². The Morgan fingerprint density at radius 1 is 0.738 bits per heavy atom. The number of unbranched alkanes of at least 4 members (excludes halogenated alkanes) is 14. The highest BCUT2D eigenvalue weighted by molar-refractivity contribution is 5.99. The van der Waals surface area contributed by atoms with Crippen LogP contribution in [0.25, 0.3) is 0 Å². The molecule has 0 unspecified atom stereocenters. The molecule has 1 N–H and O–H groups in total. The standard InChI is InChI=1S/C36H55NO5/c1-5-6-7-8-9-10-11-12-13-14-15-16-17-18-19-20-33(38)35-28(2)32(25-26-34(39)42-4)37(29(35)3)27-30-21-23-31(24-22-30)36(40)41/h21-24H,5-20,25-27H2,1-4H3,(H,40,41). The minimum atomic E-state index is -0.958. The average molecular weight is 582 g/mol. The summed E-state index contributed by atoms with van der Waals surface area (Å²) < 4.78 is 6.96. The lowest BCUT2D eigenvalue weighted by Crippen LogP contribution is -2.10. The molecule has 0 spiro atoms. The average Bonchev–Trinajstić information content (AvgIpc) is 3.21. The third kappa shape index (κ3) is 12.1. The summed E-state index contributed by atoms with van der Waals surface area (Å²) in [6.45, 7) is 6.72. The number of carboxylic acid groups (broad SMARTS) is 1. The number of aromatic carboxylic acids is 1. The Bertz CT molecular complexity index is 1100. The summed E-state index contributed by atoms with van der Waals surface area (Å²) in [5.41, 5.74) is 4.75. The largest absolute Gasteiger partial charge is 0.478 e. The summed E-state index contributed by atoms with van der Waals surface area (Å²) in [4.78, 5) is 36.5. The molecule has 1 aromatic carbocycles. The fourth-order valence-electron chi connectivity index (χ4n) is 5.94. The molecule has 6 heteroatoms. The molecule has 6 nitrogen and oxygen atoms in total. The van der Waals surface area contributed by atoms with Gasteiger partial charge in [0.2, 0.25) is 0 Å². The van der Waals surface area contributed by atoms with Crippen LogP contribution in [0.1, 0.15) is 159 Å². The molecule has 0 aliphatic heterocycles. The molecule has 234 valence electrons. The number of rotatable bonds is 23. The van der Waals surface area contributed by atoms with E-state index in [1.54, 1.807) is 24.3 Å². The van der Waals surface area contributed by atoms with Gasteiger partial charge < -0.3 is 14.4 Å². The zero-order valence-electron chi connectivity index (χ0n) is 26.8. The molecule has 0 fully saturated rings. The lowest BCUT2D eigenvalue weighted by molar-refractivity contribution is -0.140. The van der Waals surface area contributed by atoms with Gasteiger partial charge in [-0.3, -0.25) is 9.59 Å². The van der Waals surface area contributed by atoms with Gasteiger partial charge in [-0.05, 0) is 49.9 Å². The first-order valence-electron chi connectivity index (χ1n) is 16.4. The molecule has 2 rings (SSSR count). The molecule has 0 saturated carbocycles. The molecule has 0 aliphatic carbocycles. The van der Waals surface area contributed by atoms with Crippen LogP contribution in [0.2, 0.25) is 0 Å². The zero-order valence-corrected chi connectivity index (χ0v) is 26.8. The third-order valence-corrected chi connectivity index (χ3v) is 8.52. The van der Waals surface area contributed by atoms with E-state index in [2.05, 4.69) is 11.5 Å². The Kier molecular flexibility index (Phi) is 16.9. The van der Waals surface area contributed by atoms with Crippen LogP contribution in [-0.4, -0.2) is 34.5 Å². The topological polar surface area (TPSA) is 85.6 Å². The van der Waals surface area contributed by atoms with E-state index < -0.39 is 5.97 Å². The van der Waals surface area contributed by atoms with E-state index in [9.17, 15) is 19.5 Å². The van der Waals surface area contributed by atoms with Gasteiger partial charge in [0.05, 0.1) is 19.1 Å². The Labute approximate surface area is 254 Å². The van der Waals surface area contributed by atoms with Crippen molar-refractivity contribution in [3.05, 3.63) is 57.9 Å². The van der Waals surface area contributed by atoms with E-state index in [0.29, 0.717) is 19.4 Å². The van der Waals surface area contributed by atoms with Crippen molar-refractivity contribution in [2.24, 2.45) is 0 Å². The molecule has 2 aromatic rings. The van der Waals surface area contributed by atoms with Crippen LogP contribution in [-0.2, 0) is 22.5 Å². The van der Waals surface area contributed by atoms with Crippen molar-refractivity contribution in [3.8, 4) is 0 Å². The molecular formula is C36H55NO5. The van der Waals surface area contributed by atoms with E-state index in [4.69, 9.17) is 4.74 Å². The predicted molar refractivity (Wildman–Crippen MR) is 171 cm³/mol. The summed E-state index contributed by atoms with van der Waals surface area (Å²) in [5, 5.41) is 9.22. The second-order valence-electron chi connectivity index (χ2n) is 11.8. The van der Waals surface area contributed by atoms with Crippen LogP contribution in [0, 0.1) is 13.8 Å². The van der Waals surface area contributed by atoms with Gasteiger partial charge in [-0.2, -0.15) is 0 Å². The van der Waals surface area contributed by atoms with Gasteiger partial charge in [-0.25, -0.2) is 4.79 Å². The first-order valence-corrected chi connectivity index (χ1v) is 16.4. The first kappa shape index (κ1) is 35.3. The summed E-state index contributed by atoms with van der Waals surface area (Å²) in [6, 6.07) is 6.80. The molecule has 0 saturated heterocycles. The monoisotopic (exact) mass is 581 g/mol. The second kappa shape index (κ2) is 20.1. The van der Waals surface area contributed by atoms with Gasteiger partial charge in [0, 0.05) is 29.9 Å². The number of nitrogens with zero attached hydrogens (tertiary/aromatic N) is 1. The van der Waals surface area contributed by atoms with Gasteiger partial charge >= 0.3 is 11.9 Å². The van der Waals surface area contributed by atoms with Crippen LogP contribution in [0.15, 0.2) is 24.3 Å². The normalized spacial score (nSPS) is 11.1. The minimum absolute atomic E-state index is 0.166. The third-order valence-electron chi connectivity index (χ3n) is 8.52. The number of Topliss-reactive ketones (excluding diaryl/α,β-unsaturated/α-hetero) is 1. The van der Waals surface area contributed by atoms with Crippen LogP contribution in [0.3, 0.4) is 0 Å². The number of hydrogen-bond acceptors (Lipinski definition) is 4. The number of ketones is 1.